The van der Waals surface area contributed by atoms with Crippen LogP contribution in [0.1, 0.15) is 25.3 Å². The molecule has 0 saturated carbocycles. The summed E-state index contributed by atoms with van der Waals surface area (Å²) in [4.78, 5) is 4.18. The van der Waals surface area contributed by atoms with Gasteiger partial charge in [0.1, 0.15) is 19.0 Å². The molecule has 11 heteroatoms. The Morgan fingerprint density at radius 3 is 2.77 bits per heavy atom. The van der Waals surface area contributed by atoms with E-state index in [-0.39, 0.29) is 11.9 Å². The number of hydrogen-bond donors (Lipinski definition) is 3. The largest absolute Gasteiger partial charge is 0.486 e. The number of aliphatic imine (C=N–C) groups is 1. The molecule has 1 atom stereocenters. The predicted octanol–water partition coefficient (Wildman–Crippen LogP) is 1.74. The fourth-order valence-corrected chi connectivity index (χ4v) is 2.65. The number of nitrogens with zero attached hydrogens (tertiary/aromatic N) is 5. The third kappa shape index (κ3) is 3.50. The first-order chi connectivity index (χ1) is 12.6. The van der Waals surface area contributed by atoms with E-state index in [0.717, 1.165) is 5.56 Å². The number of rotatable bonds is 4. The van der Waals surface area contributed by atoms with E-state index >= 15 is 0 Å². The Kier molecular flexibility index (Phi) is 5.15. The summed E-state index contributed by atoms with van der Waals surface area (Å²) in [5.41, 5.74) is 0.892. The average Bonchev–Trinajstić information content (AvgIpc) is 2.63. The number of fused-ring (bicyclic) bond motifs is 1. The second-order valence-corrected chi connectivity index (χ2v) is 5.72. The normalized spacial score (nSPS) is 19.4. The molecule has 1 aromatic rings. The van der Waals surface area contributed by atoms with Crippen LogP contribution in [0.3, 0.4) is 0 Å². The highest BCUT2D eigenvalue weighted by Gasteiger charge is 2.26. The van der Waals surface area contributed by atoms with Gasteiger partial charge in [0.25, 0.3) is 0 Å². The molecule has 2 heterocycles. The fraction of sp³-hybridized carbons (Fsp3) is 0.400. The van der Waals surface area contributed by atoms with Crippen molar-refractivity contribution in [1.29, 1.82) is 0 Å². The van der Waals surface area contributed by atoms with Crippen LogP contribution in [0.5, 0.6) is 17.2 Å². The first kappa shape index (κ1) is 17.5. The zero-order chi connectivity index (χ0) is 18.5. The lowest BCUT2D eigenvalue weighted by atomic mass is 10.00. The maximum Gasteiger partial charge on any atom is 0.246 e. The van der Waals surface area contributed by atoms with Crippen molar-refractivity contribution in [1.82, 2.24) is 5.32 Å². The van der Waals surface area contributed by atoms with Crippen molar-refractivity contribution in [3.05, 3.63) is 29.7 Å². The Morgan fingerprint density at radius 2 is 2.04 bits per heavy atom. The van der Waals surface area contributed by atoms with Gasteiger partial charge in [0.15, 0.2) is 17.3 Å². The lowest BCUT2D eigenvalue weighted by Gasteiger charge is -2.26. The number of nitrogens with two attached hydrogens (primary N) is 2. The minimum Gasteiger partial charge on any atom is -0.486 e. The smallest absolute Gasteiger partial charge is 0.246 e. The first-order valence-corrected chi connectivity index (χ1v) is 7.99. The third-order valence-electron chi connectivity index (χ3n) is 3.68. The van der Waals surface area contributed by atoms with Crippen LogP contribution in [0.25, 0.3) is 0 Å². The summed E-state index contributed by atoms with van der Waals surface area (Å²) in [7, 11) is 0. The zero-order valence-corrected chi connectivity index (χ0v) is 14.4. The quantitative estimate of drug-likeness (QED) is 0.422. The van der Waals surface area contributed by atoms with Crippen LogP contribution in [0.15, 0.2) is 49.8 Å². The second kappa shape index (κ2) is 7.68. The van der Waals surface area contributed by atoms with Gasteiger partial charge in [0.05, 0.1) is 0 Å². The minimum absolute atomic E-state index is 0.137. The Bertz CT molecular complexity index is 787. The molecule has 3 rings (SSSR count). The van der Waals surface area contributed by atoms with Crippen LogP contribution in [0.4, 0.5) is 0 Å². The van der Waals surface area contributed by atoms with Gasteiger partial charge < -0.3 is 31.2 Å². The molecule has 2 aliphatic rings. The third-order valence-corrected chi connectivity index (χ3v) is 3.68. The highest BCUT2D eigenvalue weighted by Crippen LogP contribution is 2.44. The van der Waals surface area contributed by atoms with Crippen molar-refractivity contribution in [3.8, 4) is 17.2 Å². The Balaban J connectivity index is 1.93. The summed E-state index contributed by atoms with van der Waals surface area (Å²) in [5, 5.41) is 16.7. The Morgan fingerprint density at radius 1 is 1.23 bits per heavy atom. The van der Waals surface area contributed by atoms with E-state index in [1.165, 1.54) is 0 Å². The van der Waals surface area contributed by atoms with Gasteiger partial charge >= 0.3 is 0 Å². The zero-order valence-electron chi connectivity index (χ0n) is 14.4. The van der Waals surface area contributed by atoms with Crippen LogP contribution in [-0.4, -0.2) is 25.3 Å². The molecule has 0 bridgehead atoms. The van der Waals surface area contributed by atoms with Gasteiger partial charge in [0, 0.05) is 11.8 Å². The van der Waals surface area contributed by atoms with Crippen molar-refractivity contribution in [2.75, 3.05) is 13.2 Å². The van der Waals surface area contributed by atoms with Gasteiger partial charge in [-0.15, -0.1) is 5.11 Å². The van der Waals surface area contributed by atoms with Gasteiger partial charge in [0.2, 0.25) is 12.1 Å². The molecular weight excluding hydrogens is 340 g/mol. The molecule has 0 aromatic heterocycles. The van der Waals surface area contributed by atoms with E-state index < -0.39 is 6.17 Å². The number of nitrogens with one attached hydrogen (secondary N) is 1. The van der Waals surface area contributed by atoms with Crippen molar-refractivity contribution in [3.63, 3.8) is 0 Å². The number of ether oxygens (including phenoxy) is 3. The first-order valence-electron chi connectivity index (χ1n) is 7.99. The van der Waals surface area contributed by atoms with E-state index in [0.29, 0.717) is 36.2 Å². The molecule has 0 amide bonds. The lowest BCUT2D eigenvalue weighted by molar-refractivity contribution is 0.168. The topological polar surface area (TPSA) is 154 Å². The number of benzene rings is 1. The summed E-state index contributed by atoms with van der Waals surface area (Å²) in [6.45, 7) is 5.10. The molecule has 0 radical (unpaired) electrons. The van der Waals surface area contributed by atoms with Crippen LogP contribution < -0.4 is 31.2 Å². The molecule has 11 nitrogen and oxygen atoms in total. The highest BCUT2D eigenvalue weighted by molar-refractivity contribution is 5.82. The average molecular weight is 360 g/mol. The maximum absolute atomic E-state index is 6.05. The van der Waals surface area contributed by atoms with Crippen LogP contribution >= 0.6 is 0 Å². The van der Waals surface area contributed by atoms with Crippen LogP contribution in [0.2, 0.25) is 0 Å². The number of hydrogen-bond acceptors (Lipinski definition) is 9. The van der Waals surface area contributed by atoms with Crippen molar-refractivity contribution in [2.24, 2.45) is 37.4 Å². The van der Waals surface area contributed by atoms with Crippen LogP contribution in [-0.2, 0) is 0 Å². The van der Waals surface area contributed by atoms with Gasteiger partial charge in [-0.3, -0.25) is 0 Å². The molecule has 0 fully saturated rings. The van der Waals surface area contributed by atoms with Gasteiger partial charge in [-0.1, -0.05) is 29.4 Å². The van der Waals surface area contributed by atoms with E-state index in [4.69, 9.17) is 25.9 Å². The molecule has 26 heavy (non-hydrogen) atoms. The minimum atomic E-state index is -0.810. The van der Waals surface area contributed by atoms with Gasteiger partial charge in [-0.05, 0) is 18.1 Å². The van der Waals surface area contributed by atoms with Crippen LogP contribution in [0, 0.1) is 0 Å². The Labute approximate surface area is 149 Å². The molecule has 2 aliphatic heterocycles. The number of guanidine groups is 1. The molecule has 1 aromatic carbocycles. The highest BCUT2D eigenvalue weighted by atomic mass is 16.6. The van der Waals surface area contributed by atoms with E-state index in [2.05, 4.69) is 31.0 Å². The van der Waals surface area contributed by atoms with Crippen molar-refractivity contribution in [2.45, 2.75) is 25.9 Å². The summed E-state index contributed by atoms with van der Waals surface area (Å²) in [6.07, 6.45) is 0.743. The molecule has 1 unspecified atom stereocenters. The summed E-state index contributed by atoms with van der Waals surface area (Å²) < 4.78 is 17.5. The van der Waals surface area contributed by atoms with E-state index in [9.17, 15) is 0 Å². The van der Waals surface area contributed by atoms with Crippen molar-refractivity contribution < 1.29 is 14.2 Å². The molecular formula is C15H20N8O3. The second-order valence-electron chi connectivity index (χ2n) is 5.72. The maximum atomic E-state index is 6.05. The molecule has 138 valence electrons. The summed E-state index contributed by atoms with van der Waals surface area (Å²) >= 11 is 0. The molecule has 0 aliphatic carbocycles. The lowest BCUT2D eigenvalue weighted by Crippen LogP contribution is -2.28. The van der Waals surface area contributed by atoms with E-state index in [1.54, 1.807) is 6.20 Å². The standard InChI is InChI=1S/C15H20N8O3/c1-8(2)12-9(3-4-10-13(12)25-6-5-24-10)26-11-7-18-15(21-23-17)19-14(11)20-22-16/h3-4,7-8,14H,5-6H2,1-2H3,(H2,16,20)(H3,17,18,19,21). The summed E-state index contributed by atoms with van der Waals surface area (Å²) in [5.74, 6) is 12.9. The monoisotopic (exact) mass is 360 g/mol. The van der Waals surface area contributed by atoms with Crippen molar-refractivity contribution >= 4 is 5.96 Å². The Hall–Kier alpha value is -3.37. The van der Waals surface area contributed by atoms with Gasteiger partial charge in [-0.25, -0.2) is 4.99 Å². The van der Waals surface area contributed by atoms with Gasteiger partial charge in [-0.2, -0.15) is 0 Å². The fourth-order valence-electron chi connectivity index (χ4n) is 2.65. The predicted molar refractivity (Wildman–Crippen MR) is 92.7 cm³/mol. The summed E-state index contributed by atoms with van der Waals surface area (Å²) in [6, 6.07) is 3.63. The molecule has 0 saturated heterocycles. The molecule has 0 spiro atoms. The van der Waals surface area contributed by atoms with E-state index in [1.807, 2.05) is 26.0 Å². The molecule has 5 N–H and O–H groups in total. The SMILES string of the molecule is CC(C)c1c(OC2=CNC(N=NN)=NC2N=NN)ccc2c1OCCO2.